The summed E-state index contributed by atoms with van der Waals surface area (Å²) >= 11 is 6.23. The molecule has 1 rings (SSSR count). The largest absolute Gasteiger partial charge is 0.493 e. The van der Waals surface area contributed by atoms with Crippen molar-refractivity contribution in [3.05, 3.63) is 22.7 Å². The minimum atomic E-state index is -0.394. The summed E-state index contributed by atoms with van der Waals surface area (Å²) in [7, 11) is 1.51. The number of amides is 1. The minimum Gasteiger partial charge on any atom is -0.493 e. The smallest absolute Gasteiger partial charge is 0.251 e. The maximum Gasteiger partial charge on any atom is 0.251 e. The summed E-state index contributed by atoms with van der Waals surface area (Å²) in [6.07, 6.45) is 0.448. The van der Waals surface area contributed by atoms with Gasteiger partial charge in [-0.3, -0.25) is 4.79 Å². The Morgan fingerprint density at radius 2 is 1.85 bits per heavy atom. The zero-order valence-electron chi connectivity index (χ0n) is 16.5. The Morgan fingerprint density at radius 3 is 2.44 bits per heavy atom. The zero-order chi connectivity index (χ0) is 20.1. The average molecular weight is 404 g/mol. The van der Waals surface area contributed by atoms with E-state index in [9.17, 15) is 4.79 Å². The number of hydrogen-bond donors (Lipinski definition) is 1. The number of ether oxygens (including phenoxy) is 5. The van der Waals surface area contributed by atoms with Gasteiger partial charge in [0, 0.05) is 25.3 Å². The van der Waals surface area contributed by atoms with Gasteiger partial charge in [-0.1, -0.05) is 18.5 Å². The molecular weight excluding hydrogens is 374 g/mol. The summed E-state index contributed by atoms with van der Waals surface area (Å²) < 4.78 is 27.1. The van der Waals surface area contributed by atoms with Gasteiger partial charge in [0.25, 0.3) is 5.91 Å². The van der Waals surface area contributed by atoms with Crippen LogP contribution in [0.5, 0.6) is 11.5 Å². The summed E-state index contributed by atoms with van der Waals surface area (Å²) in [5, 5.41) is 3.11. The van der Waals surface area contributed by atoms with Gasteiger partial charge in [0.1, 0.15) is 0 Å². The molecule has 0 aromatic heterocycles. The van der Waals surface area contributed by atoms with Crippen molar-refractivity contribution in [1.29, 1.82) is 0 Å². The Kier molecular flexibility index (Phi) is 11.8. The van der Waals surface area contributed by atoms with E-state index in [-0.39, 0.29) is 5.91 Å². The lowest BCUT2D eigenvalue weighted by atomic mass is 10.2. The highest BCUT2D eigenvalue weighted by molar-refractivity contribution is 6.32. The van der Waals surface area contributed by atoms with Crippen LogP contribution in [0.3, 0.4) is 0 Å². The molecule has 0 aliphatic heterocycles. The molecule has 0 atom stereocenters. The van der Waals surface area contributed by atoms with Crippen molar-refractivity contribution in [2.75, 3.05) is 46.7 Å². The van der Waals surface area contributed by atoms with Crippen molar-refractivity contribution in [2.45, 2.75) is 33.5 Å². The summed E-state index contributed by atoms with van der Waals surface area (Å²) in [4.78, 5) is 12.3. The molecular formula is C19H30ClNO6. The number of nitrogens with one attached hydrogen (secondary N) is 1. The van der Waals surface area contributed by atoms with Crippen LogP contribution in [0.15, 0.2) is 12.1 Å². The third kappa shape index (κ3) is 8.34. The molecule has 0 heterocycles. The fourth-order valence-electron chi connectivity index (χ4n) is 2.23. The standard InChI is InChI=1S/C19H30ClNO6/c1-5-9-27-18-15(20)11-14(12-16(18)23-4)19(22)21-8-10-24-13-17(25-6-2)26-7-3/h11-12,17H,5-10,13H2,1-4H3,(H,21,22). The summed E-state index contributed by atoms with van der Waals surface area (Å²) in [6, 6.07) is 3.17. The van der Waals surface area contributed by atoms with Crippen molar-refractivity contribution in [3.63, 3.8) is 0 Å². The van der Waals surface area contributed by atoms with Gasteiger partial charge in [-0.2, -0.15) is 0 Å². The molecule has 0 saturated carbocycles. The first-order valence-corrected chi connectivity index (χ1v) is 9.54. The fraction of sp³-hybridized carbons (Fsp3) is 0.632. The van der Waals surface area contributed by atoms with E-state index in [1.807, 2.05) is 20.8 Å². The average Bonchev–Trinajstić information content (AvgIpc) is 2.66. The molecule has 27 heavy (non-hydrogen) atoms. The van der Waals surface area contributed by atoms with Crippen LogP contribution < -0.4 is 14.8 Å². The van der Waals surface area contributed by atoms with Gasteiger partial charge in [0.05, 0.1) is 32.0 Å². The van der Waals surface area contributed by atoms with Crippen LogP contribution in [0, 0.1) is 0 Å². The van der Waals surface area contributed by atoms with E-state index in [2.05, 4.69) is 5.32 Å². The van der Waals surface area contributed by atoms with E-state index in [1.54, 1.807) is 12.1 Å². The van der Waals surface area contributed by atoms with Crippen LogP contribution in [0.2, 0.25) is 5.02 Å². The molecule has 1 N–H and O–H groups in total. The number of rotatable bonds is 14. The number of halogens is 1. The van der Waals surface area contributed by atoms with Crippen LogP contribution in [0.1, 0.15) is 37.6 Å². The van der Waals surface area contributed by atoms with Crippen molar-refractivity contribution < 1.29 is 28.5 Å². The normalized spacial score (nSPS) is 10.9. The first-order valence-electron chi connectivity index (χ1n) is 9.16. The molecule has 0 unspecified atom stereocenters. The number of carbonyl (C=O) groups excluding carboxylic acids is 1. The van der Waals surface area contributed by atoms with Gasteiger partial charge >= 0.3 is 0 Å². The lowest BCUT2D eigenvalue weighted by Gasteiger charge is -2.17. The van der Waals surface area contributed by atoms with Gasteiger partial charge in [-0.05, 0) is 32.4 Å². The highest BCUT2D eigenvalue weighted by Crippen LogP contribution is 2.36. The molecule has 1 aromatic carbocycles. The van der Waals surface area contributed by atoms with Crippen molar-refractivity contribution in [3.8, 4) is 11.5 Å². The predicted octanol–water partition coefficient (Wildman–Crippen LogP) is 3.28. The van der Waals surface area contributed by atoms with Gasteiger partial charge in [0.2, 0.25) is 0 Å². The molecule has 1 amide bonds. The van der Waals surface area contributed by atoms with Crippen LogP contribution >= 0.6 is 11.6 Å². The predicted molar refractivity (Wildman–Crippen MR) is 104 cm³/mol. The lowest BCUT2D eigenvalue weighted by molar-refractivity contribution is -0.166. The fourth-order valence-corrected chi connectivity index (χ4v) is 2.49. The van der Waals surface area contributed by atoms with Crippen molar-refractivity contribution in [2.24, 2.45) is 0 Å². The third-order valence-corrected chi connectivity index (χ3v) is 3.71. The molecule has 0 saturated heterocycles. The van der Waals surface area contributed by atoms with Crippen LogP contribution in [0.4, 0.5) is 0 Å². The Labute approximate surface area is 166 Å². The molecule has 154 valence electrons. The van der Waals surface area contributed by atoms with E-state index < -0.39 is 6.29 Å². The Morgan fingerprint density at radius 1 is 1.15 bits per heavy atom. The molecule has 0 bridgehead atoms. The second-order valence-corrected chi connectivity index (χ2v) is 5.92. The highest BCUT2D eigenvalue weighted by Gasteiger charge is 2.16. The zero-order valence-corrected chi connectivity index (χ0v) is 17.3. The number of methoxy groups -OCH3 is 1. The number of carbonyl (C=O) groups is 1. The Hall–Kier alpha value is -1.54. The first-order chi connectivity index (χ1) is 13.1. The SMILES string of the molecule is CCCOc1c(Cl)cc(C(=O)NCCOCC(OCC)OCC)cc1OC. The van der Waals surface area contributed by atoms with E-state index in [4.69, 9.17) is 35.3 Å². The Bertz CT molecular complexity index is 563. The lowest BCUT2D eigenvalue weighted by Crippen LogP contribution is -2.29. The summed E-state index contributed by atoms with van der Waals surface area (Å²) in [5.41, 5.74) is 0.391. The molecule has 0 fully saturated rings. The van der Waals surface area contributed by atoms with Gasteiger partial charge < -0.3 is 29.0 Å². The monoisotopic (exact) mass is 403 g/mol. The minimum absolute atomic E-state index is 0.271. The van der Waals surface area contributed by atoms with Gasteiger partial charge in [0.15, 0.2) is 17.8 Å². The van der Waals surface area contributed by atoms with E-state index >= 15 is 0 Å². The van der Waals surface area contributed by atoms with Gasteiger partial charge in [-0.15, -0.1) is 0 Å². The maximum absolute atomic E-state index is 12.3. The van der Waals surface area contributed by atoms with Crippen LogP contribution in [-0.2, 0) is 14.2 Å². The molecule has 0 spiro atoms. The molecule has 7 nitrogen and oxygen atoms in total. The topological polar surface area (TPSA) is 75.3 Å². The molecule has 0 radical (unpaired) electrons. The Balaban J connectivity index is 2.51. The van der Waals surface area contributed by atoms with Crippen LogP contribution in [-0.4, -0.2) is 58.9 Å². The highest BCUT2D eigenvalue weighted by atomic mass is 35.5. The molecule has 8 heteroatoms. The van der Waals surface area contributed by atoms with E-state index in [0.717, 1.165) is 6.42 Å². The summed E-state index contributed by atoms with van der Waals surface area (Å²) in [5.74, 6) is 0.597. The molecule has 0 aliphatic rings. The van der Waals surface area contributed by atoms with Crippen molar-refractivity contribution in [1.82, 2.24) is 5.32 Å². The van der Waals surface area contributed by atoms with E-state index in [0.29, 0.717) is 61.7 Å². The number of benzene rings is 1. The first kappa shape index (κ1) is 23.5. The van der Waals surface area contributed by atoms with Gasteiger partial charge in [-0.25, -0.2) is 0 Å². The second kappa shape index (κ2) is 13.6. The third-order valence-electron chi connectivity index (χ3n) is 3.43. The van der Waals surface area contributed by atoms with Crippen LogP contribution in [0.25, 0.3) is 0 Å². The second-order valence-electron chi connectivity index (χ2n) is 5.51. The quantitative estimate of drug-likeness (QED) is 0.379. The molecule has 1 aromatic rings. The summed E-state index contributed by atoms with van der Waals surface area (Å²) in [6.45, 7) is 8.38. The van der Waals surface area contributed by atoms with Crippen molar-refractivity contribution >= 4 is 17.5 Å². The maximum atomic E-state index is 12.3. The number of hydrogen-bond acceptors (Lipinski definition) is 6. The molecule has 0 aliphatic carbocycles. The van der Waals surface area contributed by atoms with E-state index in [1.165, 1.54) is 7.11 Å².